The molecule has 0 spiro atoms. The van der Waals surface area contributed by atoms with E-state index in [9.17, 15) is 0 Å². The highest BCUT2D eigenvalue weighted by atomic mass is 14.8. The minimum atomic E-state index is 0.374. The summed E-state index contributed by atoms with van der Waals surface area (Å²) in [5.41, 5.74) is 5.75. The molecule has 0 rings (SSSR count). The molecule has 2 N–H and O–H groups in total. The number of nitrogens with two attached hydrogens (primary N) is 1. The standard InChI is InChI=1S/C8H18N2/c1-7(9)10-6-5-8(2,3)4/h5-6H2,1-4H3,(H2,9,10). The Morgan fingerprint density at radius 3 is 2.20 bits per heavy atom. The van der Waals surface area contributed by atoms with E-state index in [-0.39, 0.29) is 0 Å². The van der Waals surface area contributed by atoms with E-state index in [2.05, 4.69) is 25.8 Å². The zero-order valence-electron chi connectivity index (χ0n) is 7.44. The summed E-state index contributed by atoms with van der Waals surface area (Å²) in [6.07, 6.45) is 1.10. The van der Waals surface area contributed by atoms with E-state index in [4.69, 9.17) is 5.73 Å². The van der Waals surface area contributed by atoms with Crippen molar-refractivity contribution in [2.24, 2.45) is 16.1 Å². The zero-order chi connectivity index (χ0) is 8.20. The maximum atomic E-state index is 5.37. The number of amidine groups is 1. The summed E-state index contributed by atoms with van der Waals surface area (Å²) in [6, 6.07) is 0. The van der Waals surface area contributed by atoms with Gasteiger partial charge in [0.15, 0.2) is 0 Å². The molecule has 0 aromatic rings. The van der Waals surface area contributed by atoms with Crippen molar-refractivity contribution in [2.45, 2.75) is 34.1 Å². The molecule has 0 fully saturated rings. The molecule has 0 bridgehead atoms. The minimum Gasteiger partial charge on any atom is -0.388 e. The fourth-order valence-corrected chi connectivity index (χ4v) is 0.568. The molecule has 2 nitrogen and oxygen atoms in total. The van der Waals surface area contributed by atoms with E-state index in [1.54, 1.807) is 0 Å². The zero-order valence-corrected chi connectivity index (χ0v) is 7.44. The van der Waals surface area contributed by atoms with Gasteiger partial charge in [-0.05, 0) is 18.8 Å². The summed E-state index contributed by atoms with van der Waals surface area (Å²) in [4.78, 5) is 4.10. The lowest BCUT2D eigenvalue weighted by Gasteiger charge is -2.15. The van der Waals surface area contributed by atoms with E-state index in [1.807, 2.05) is 6.92 Å². The van der Waals surface area contributed by atoms with Crippen molar-refractivity contribution in [3.63, 3.8) is 0 Å². The first kappa shape index (κ1) is 9.47. The first-order valence-electron chi connectivity index (χ1n) is 3.68. The lowest BCUT2D eigenvalue weighted by atomic mass is 9.92. The van der Waals surface area contributed by atoms with Crippen molar-refractivity contribution >= 4 is 5.84 Å². The van der Waals surface area contributed by atoms with Crippen molar-refractivity contribution in [1.82, 2.24) is 0 Å². The molecule has 0 unspecified atom stereocenters. The van der Waals surface area contributed by atoms with Crippen LogP contribution in [-0.2, 0) is 0 Å². The summed E-state index contributed by atoms with van der Waals surface area (Å²) in [5.74, 6) is 0.684. The highest BCUT2D eigenvalue weighted by molar-refractivity contribution is 5.77. The molecule has 0 aliphatic rings. The number of rotatable bonds is 2. The average molecular weight is 142 g/mol. The van der Waals surface area contributed by atoms with Crippen molar-refractivity contribution in [1.29, 1.82) is 0 Å². The second kappa shape index (κ2) is 3.59. The molecule has 0 aliphatic carbocycles. The van der Waals surface area contributed by atoms with E-state index in [0.717, 1.165) is 13.0 Å². The van der Waals surface area contributed by atoms with Gasteiger partial charge in [0.1, 0.15) is 0 Å². The quantitative estimate of drug-likeness (QED) is 0.463. The molecular weight excluding hydrogens is 124 g/mol. The highest BCUT2D eigenvalue weighted by Crippen LogP contribution is 2.17. The lowest BCUT2D eigenvalue weighted by Crippen LogP contribution is -2.10. The van der Waals surface area contributed by atoms with Gasteiger partial charge < -0.3 is 5.73 Å². The van der Waals surface area contributed by atoms with Crippen LogP contribution in [0.25, 0.3) is 0 Å². The summed E-state index contributed by atoms with van der Waals surface area (Å²) < 4.78 is 0. The van der Waals surface area contributed by atoms with Gasteiger partial charge in [0.25, 0.3) is 0 Å². The molecular formula is C8H18N2. The topological polar surface area (TPSA) is 38.4 Å². The van der Waals surface area contributed by atoms with Gasteiger partial charge in [-0.1, -0.05) is 20.8 Å². The second-order valence-corrected chi connectivity index (χ2v) is 3.83. The lowest BCUT2D eigenvalue weighted by molar-refractivity contribution is 0.385. The molecule has 10 heavy (non-hydrogen) atoms. The van der Waals surface area contributed by atoms with Crippen molar-refractivity contribution in [2.75, 3.05) is 6.54 Å². The van der Waals surface area contributed by atoms with Crippen molar-refractivity contribution in [3.05, 3.63) is 0 Å². The molecule has 0 aliphatic heterocycles. The Morgan fingerprint density at radius 1 is 1.40 bits per heavy atom. The first-order valence-corrected chi connectivity index (χ1v) is 3.68. The predicted molar refractivity (Wildman–Crippen MR) is 46.2 cm³/mol. The molecule has 0 amide bonds. The minimum absolute atomic E-state index is 0.374. The maximum absolute atomic E-state index is 5.37. The van der Waals surface area contributed by atoms with E-state index in [1.165, 1.54) is 0 Å². The molecule has 0 heterocycles. The fraction of sp³-hybridized carbons (Fsp3) is 0.875. The van der Waals surface area contributed by atoms with Gasteiger partial charge in [-0.2, -0.15) is 0 Å². The number of nitrogens with zero attached hydrogens (tertiary/aromatic N) is 1. The van der Waals surface area contributed by atoms with Crippen molar-refractivity contribution in [3.8, 4) is 0 Å². The van der Waals surface area contributed by atoms with Gasteiger partial charge in [-0.3, -0.25) is 4.99 Å². The van der Waals surface area contributed by atoms with Crippen LogP contribution in [0.3, 0.4) is 0 Å². The normalized spacial score (nSPS) is 13.8. The van der Waals surface area contributed by atoms with Crippen LogP contribution in [0, 0.1) is 5.41 Å². The van der Waals surface area contributed by atoms with Crippen LogP contribution < -0.4 is 5.73 Å². The number of hydrogen-bond acceptors (Lipinski definition) is 1. The number of hydrogen-bond donors (Lipinski definition) is 1. The van der Waals surface area contributed by atoms with E-state index >= 15 is 0 Å². The fourth-order valence-electron chi connectivity index (χ4n) is 0.568. The Hall–Kier alpha value is -0.530. The average Bonchev–Trinajstić information content (AvgIpc) is 1.59. The molecule has 60 valence electrons. The van der Waals surface area contributed by atoms with Crippen LogP contribution in [0.2, 0.25) is 0 Å². The van der Waals surface area contributed by atoms with Gasteiger partial charge in [0.2, 0.25) is 0 Å². The summed E-state index contributed by atoms with van der Waals surface area (Å²) in [7, 11) is 0. The van der Waals surface area contributed by atoms with Gasteiger partial charge >= 0.3 is 0 Å². The van der Waals surface area contributed by atoms with Crippen LogP contribution in [0.1, 0.15) is 34.1 Å². The third-order valence-electron chi connectivity index (χ3n) is 1.22. The third kappa shape index (κ3) is 7.47. The molecule has 2 heteroatoms. The Bertz CT molecular complexity index is 116. The van der Waals surface area contributed by atoms with Crippen molar-refractivity contribution < 1.29 is 0 Å². The summed E-state index contributed by atoms with van der Waals surface area (Å²) in [5, 5.41) is 0. The van der Waals surface area contributed by atoms with E-state index < -0.39 is 0 Å². The van der Waals surface area contributed by atoms with Crippen LogP contribution in [0.15, 0.2) is 4.99 Å². The van der Waals surface area contributed by atoms with E-state index in [0.29, 0.717) is 11.3 Å². The van der Waals surface area contributed by atoms with Gasteiger partial charge in [-0.15, -0.1) is 0 Å². The second-order valence-electron chi connectivity index (χ2n) is 3.83. The Balaban J connectivity index is 3.47. The van der Waals surface area contributed by atoms with Gasteiger partial charge in [0, 0.05) is 6.54 Å². The van der Waals surface area contributed by atoms with Crippen LogP contribution in [0.4, 0.5) is 0 Å². The predicted octanol–water partition coefficient (Wildman–Crippen LogP) is 1.80. The van der Waals surface area contributed by atoms with Gasteiger partial charge in [0.05, 0.1) is 5.84 Å². The Morgan fingerprint density at radius 2 is 1.90 bits per heavy atom. The number of aliphatic imine (C=N–C) groups is 1. The molecule has 0 aromatic heterocycles. The molecule has 0 saturated heterocycles. The van der Waals surface area contributed by atoms with Crippen LogP contribution >= 0.6 is 0 Å². The molecule has 0 aromatic carbocycles. The van der Waals surface area contributed by atoms with Crippen LogP contribution in [-0.4, -0.2) is 12.4 Å². The Kier molecular flexibility index (Phi) is 3.40. The monoisotopic (exact) mass is 142 g/mol. The largest absolute Gasteiger partial charge is 0.388 e. The third-order valence-corrected chi connectivity index (χ3v) is 1.22. The SMILES string of the molecule is CC(N)=NCCC(C)(C)C. The summed E-state index contributed by atoms with van der Waals surface area (Å²) >= 11 is 0. The maximum Gasteiger partial charge on any atom is 0.0905 e. The Labute approximate surface area is 63.5 Å². The molecule has 0 radical (unpaired) electrons. The van der Waals surface area contributed by atoms with Crippen LogP contribution in [0.5, 0.6) is 0 Å². The smallest absolute Gasteiger partial charge is 0.0905 e. The highest BCUT2D eigenvalue weighted by Gasteiger charge is 2.07. The van der Waals surface area contributed by atoms with Gasteiger partial charge in [-0.25, -0.2) is 0 Å². The molecule has 0 atom stereocenters. The summed E-state index contributed by atoms with van der Waals surface area (Å²) in [6.45, 7) is 9.28. The molecule has 0 saturated carbocycles. The first-order chi connectivity index (χ1) is 4.42.